The van der Waals surface area contributed by atoms with Crippen molar-refractivity contribution in [2.24, 2.45) is 4.99 Å². The van der Waals surface area contributed by atoms with Crippen molar-refractivity contribution in [3.05, 3.63) is 24.3 Å². The Balaban J connectivity index is 0.00000108. The van der Waals surface area contributed by atoms with Crippen LogP contribution in [0.3, 0.4) is 0 Å². The average Bonchev–Trinajstić information content (AvgIpc) is 2.66. The Morgan fingerprint density at radius 3 is 2.76 bits per heavy atom. The van der Waals surface area contributed by atoms with Crippen LogP contribution in [0.1, 0.15) is 19.8 Å². The average molecular weight is 296 g/mol. The molecule has 17 heavy (non-hydrogen) atoms. The molecule has 1 aromatic carbocycles. The highest BCUT2D eigenvalue weighted by Gasteiger charge is 2.32. The van der Waals surface area contributed by atoms with Gasteiger partial charge in [0.15, 0.2) is 0 Å². The third kappa shape index (κ3) is 1.95. The van der Waals surface area contributed by atoms with E-state index < -0.39 is 0 Å². The van der Waals surface area contributed by atoms with Gasteiger partial charge in [-0.25, -0.2) is 0 Å². The van der Waals surface area contributed by atoms with E-state index in [4.69, 9.17) is 0 Å². The van der Waals surface area contributed by atoms with Gasteiger partial charge < -0.3 is 9.80 Å². The maximum Gasteiger partial charge on any atom is 0.205 e. The van der Waals surface area contributed by atoms with Gasteiger partial charge in [-0.2, -0.15) is 0 Å². The van der Waals surface area contributed by atoms with Gasteiger partial charge in [-0.15, -0.1) is 17.0 Å². The standard InChI is InChI=1S/C13H17N3.BrH/c1-2-9-15-11-6-3-4-7-12(11)16-10-5-8-14-13(15)16;/h3-4,6-7H,2,5,8-10H2,1H3;1H. The zero-order valence-corrected chi connectivity index (χ0v) is 11.8. The lowest BCUT2D eigenvalue weighted by Gasteiger charge is -2.26. The molecule has 0 aliphatic carbocycles. The lowest BCUT2D eigenvalue weighted by atomic mass is 10.2. The second-order valence-corrected chi connectivity index (χ2v) is 4.33. The summed E-state index contributed by atoms with van der Waals surface area (Å²) >= 11 is 0. The minimum atomic E-state index is 0. The third-order valence-corrected chi connectivity index (χ3v) is 3.19. The molecule has 4 heteroatoms. The summed E-state index contributed by atoms with van der Waals surface area (Å²) in [6.07, 6.45) is 2.32. The van der Waals surface area contributed by atoms with Crippen molar-refractivity contribution in [1.82, 2.24) is 0 Å². The first-order chi connectivity index (χ1) is 7.92. The number of aliphatic imine (C=N–C) groups is 1. The van der Waals surface area contributed by atoms with Crippen LogP contribution in [-0.4, -0.2) is 25.6 Å². The summed E-state index contributed by atoms with van der Waals surface area (Å²) in [6.45, 7) is 5.36. The first-order valence-electron chi connectivity index (χ1n) is 6.10. The summed E-state index contributed by atoms with van der Waals surface area (Å²) in [5.74, 6) is 1.16. The summed E-state index contributed by atoms with van der Waals surface area (Å²) in [6, 6.07) is 8.62. The third-order valence-electron chi connectivity index (χ3n) is 3.19. The van der Waals surface area contributed by atoms with Crippen LogP contribution in [0.4, 0.5) is 11.4 Å². The number of nitrogens with zero attached hydrogens (tertiary/aromatic N) is 3. The Labute approximate surface area is 113 Å². The van der Waals surface area contributed by atoms with Gasteiger partial charge in [0.25, 0.3) is 0 Å². The fourth-order valence-electron chi connectivity index (χ4n) is 2.52. The molecule has 0 spiro atoms. The summed E-state index contributed by atoms with van der Waals surface area (Å²) in [4.78, 5) is 9.39. The molecule has 0 fully saturated rings. The predicted octanol–water partition coefficient (Wildman–Crippen LogP) is 3.06. The first kappa shape index (κ1) is 12.4. The Morgan fingerprint density at radius 2 is 2.00 bits per heavy atom. The predicted molar refractivity (Wildman–Crippen MR) is 78.7 cm³/mol. The van der Waals surface area contributed by atoms with Gasteiger partial charge in [0, 0.05) is 19.6 Å². The fraction of sp³-hybridized carbons (Fsp3) is 0.462. The maximum absolute atomic E-state index is 4.67. The second-order valence-electron chi connectivity index (χ2n) is 4.33. The van der Waals surface area contributed by atoms with E-state index in [2.05, 4.69) is 46.0 Å². The quantitative estimate of drug-likeness (QED) is 0.835. The molecule has 2 aliphatic heterocycles. The number of benzene rings is 1. The molecular formula is C13H18BrN3. The van der Waals surface area contributed by atoms with Gasteiger partial charge in [-0.05, 0) is 25.0 Å². The molecular weight excluding hydrogens is 278 g/mol. The monoisotopic (exact) mass is 295 g/mol. The Morgan fingerprint density at radius 1 is 1.24 bits per heavy atom. The molecule has 0 saturated heterocycles. The van der Waals surface area contributed by atoms with Gasteiger partial charge in [-0.1, -0.05) is 19.1 Å². The molecule has 0 bridgehead atoms. The zero-order chi connectivity index (χ0) is 11.0. The van der Waals surface area contributed by atoms with Crippen LogP contribution in [-0.2, 0) is 0 Å². The fourth-order valence-corrected chi connectivity index (χ4v) is 2.52. The van der Waals surface area contributed by atoms with E-state index in [0.717, 1.165) is 38.4 Å². The first-order valence-corrected chi connectivity index (χ1v) is 6.10. The van der Waals surface area contributed by atoms with Gasteiger partial charge in [0.1, 0.15) is 0 Å². The van der Waals surface area contributed by atoms with Crippen molar-refractivity contribution in [2.45, 2.75) is 19.8 Å². The summed E-state index contributed by atoms with van der Waals surface area (Å²) < 4.78 is 0. The largest absolute Gasteiger partial charge is 0.310 e. The minimum Gasteiger partial charge on any atom is -0.310 e. The van der Waals surface area contributed by atoms with E-state index in [1.165, 1.54) is 11.4 Å². The number of guanidine groups is 1. The van der Waals surface area contributed by atoms with Crippen molar-refractivity contribution >= 4 is 34.3 Å². The van der Waals surface area contributed by atoms with E-state index >= 15 is 0 Å². The molecule has 0 aromatic heterocycles. The van der Waals surface area contributed by atoms with E-state index in [-0.39, 0.29) is 17.0 Å². The maximum atomic E-state index is 4.67. The topological polar surface area (TPSA) is 18.8 Å². The van der Waals surface area contributed by atoms with Gasteiger partial charge >= 0.3 is 0 Å². The summed E-state index contributed by atoms with van der Waals surface area (Å²) in [5.41, 5.74) is 2.65. The van der Waals surface area contributed by atoms with Gasteiger partial charge in [0.05, 0.1) is 11.4 Å². The number of rotatable bonds is 2. The lowest BCUT2D eigenvalue weighted by Crippen LogP contribution is -2.42. The number of fused-ring (bicyclic) bond motifs is 3. The molecule has 3 nitrogen and oxygen atoms in total. The SMILES string of the molecule is Br.CCCN1C2=NCCCN2c2ccccc21. The van der Waals surface area contributed by atoms with E-state index in [9.17, 15) is 0 Å². The number of halogens is 1. The highest BCUT2D eigenvalue weighted by atomic mass is 79.9. The molecule has 0 unspecified atom stereocenters. The van der Waals surface area contributed by atoms with Crippen LogP contribution in [0.25, 0.3) is 0 Å². The van der Waals surface area contributed by atoms with Crippen LogP contribution in [0.5, 0.6) is 0 Å². The normalized spacial score (nSPS) is 17.1. The molecule has 92 valence electrons. The molecule has 3 rings (SSSR count). The summed E-state index contributed by atoms with van der Waals surface area (Å²) in [7, 11) is 0. The molecule has 0 atom stereocenters. The molecule has 1 aromatic rings. The van der Waals surface area contributed by atoms with Crippen LogP contribution in [0, 0.1) is 0 Å². The lowest BCUT2D eigenvalue weighted by molar-refractivity contribution is 0.781. The van der Waals surface area contributed by atoms with Crippen molar-refractivity contribution in [1.29, 1.82) is 0 Å². The van der Waals surface area contributed by atoms with Gasteiger partial charge in [-0.3, -0.25) is 4.99 Å². The molecule has 0 N–H and O–H groups in total. The minimum absolute atomic E-state index is 0. The molecule has 0 amide bonds. The summed E-state index contributed by atoms with van der Waals surface area (Å²) in [5, 5.41) is 0. The molecule has 0 saturated carbocycles. The Bertz CT molecular complexity index is 430. The van der Waals surface area contributed by atoms with Crippen molar-refractivity contribution in [2.75, 3.05) is 29.4 Å². The zero-order valence-electron chi connectivity index (χ0n) is 10.1. The Kier molecular flexibility index (Phi) is 3.72. The molecule has 2 heterocycles. The van der Waals surface area contributed by atoms with Crippen molar-refractivity contribution in [3.63, 3.8) is 0 Å². The number of anilines is 2. The van der Waals surface area contributed by atoms with Gasteiger partial charge in [0.2, 0.25) is 5.96 Å². The number of hydrogen-bond donors (Lipinski definition) is 0. The van der Waals surface area contributed by atoms with Crippen LogP contribution in [0.15, 0.2) is 29.3 Å². The van der Waals surface area contributed by atoms with E-state index in [1.807, 2.05) is 0 Å². The van der Waals surface area contributed by atoms with Crippen LogP contribution >= 0.6 is 17.0 Å². The van der Waals surface area contributed by atoms with Crippen molar-refractivity contribution in [3.8, 4) is 0 Å². The highest BCUT2D eigenvalue weighted by Crippen LogP contribution is 2.38. The number of hydrogen-bond acceptors (Lipinski definition) is 3. The van der Waals surface area contributed by atoms with Crippen LogP contribution < -0.4 is 9.80 Å². The van der Waals surface area contributed by atoms with Crippen molar-refractivity contribution < 1.29 is 0 Å². The Hall–Kier alpha value is -1.03. The second kappa shape index (κ2) is 5.08. The van der Waals surface area contributed by atoms with E-state index in [1.54, 1.807) is 0 Å². The van der Waals surface area contributed by atoms with Crippen LogP contribution in [0.2, 0.25) is 0 Å². The molecule has 0 radical (unpaired) electrons. The molecule has 2 aliphatic rings. The smallest absolute Gasteiger partial charge is 0.205 e. The highest BCUT2D eigenvalue weighted by molar-refractivity contribution is 8.93. The number of para-hydroxylation sites is 2. The van der Waals surface area contributed by atoms with E-state index in [0.29, 0.717) is 0 Å².